The lowest BCUT2D eigenvalue weighted by Gasteiger charge is -2.24. The molecule has 0 amide bonds. The van der Waals surface area contributed by atoms with Crippen molar-refractivity contribution in [1.82, 2.24) is 10.3 Å². The summed E-state index contributed by atoms with van der Waals surface area (Å²) in [6, 6.07) is 20.4. The molecule has 2 aliphatic rings. The molecular formula is C30H31ClN2O. The maximum Gasteiger partial charge on any atom is 0.119 e. The predicted octanol–water partition coefficient (Wildman–Crippen LogP) is 6.74. The van der Waals surface area contributed by atoms with Gasteiger partial charge in [0.1, 0.15) is 18.1 Å². The van der Waals surface area contributed by atoms with Crippen molar-refractivity contribution in [2.45, 2.75) is 44.6 Å². The van der Waals surface area contributed by atoms with Crippen LogP contribution in [-0.2, 0) is 0 Å². The smallest absolute Gasteiger partial charge is 0.119 e. The molecule has 1 aromatic heterocycles. The Morgan fingerprint density at radius 1 is 0.853 bits per heavy atom. The zero-order chi connectivity index (χ0) is 23.2. The molecule has 2 aromatic carbocycles. The minimum atomic E-state index is 0.699. The number of aromatic nitrogens is 1. The van der Waals surface area contributed by atoms with Gasteiger partial charge in [0.25, 0.3) is 0 Å². The Balaban J connectivity index is 1.10. The average molecular weight is 471 g/mol. The Morgan fingerprint density at radius 3 is 2.24 bits per heavy atom. The van der Waals surface area contributed by atoms with Crippen molar-refractivity contribution in [2.75, 3.05) is 13.2 Å². The Kier molecular flexibility index (Phi) is 7.49. The van der Waals surface area contributed by atoms with Crippen LogP contribution in [0.4, 0.5) is 0 Å². The molecule has 1 heterocycles. The summed E-state index contributed by atoms with van der Waals surface area (Å²) in [7, 11) is 0. The molecule has 3 aromatic rings. The van der Waals surface area contributed by atoms with E-state index in [4.69, 9.17) is 16.3 Å². The fourth-order valence-corrected chi connectivity index (χ4v) is 5.06. The SMILES string of the molecule is Clc1ccc(-c2ccc(C#Cc3ccc(OCCNC(C4CCCC4)C4CC4)cc3)nc2)cc1. The van der Waals surface area contributed by atoms with Crippen molar-refractivity contribution in [3.05, 3.63) is 83.1 Å². The third kappa shape index (κ3) is 6.20. The molecule has 3 nitrogen and oxygen atoms in total. The zero-order valence-electron chi connectivity index (χ0n) is 19.5. The van der Waals surface area contributed by atoms with Crippen LogP contribution >= 0.6 is 11.6 Å². The molecule has 0 radical (unpaired) electrons. The van der Waals surface area contributed by atoms with Gasteiger partial charge in [-0.25, -0.2) is 4.98 Å². The molecule has 4 heteroatoms. The number of rotatable bonds is 8. The van der Waals surface area contributed by atoms with Gasteiger partial charge in [-0.05, 0) is 91.5 Å². The van der Waals surface area contributed by atoms with Crippen LogP contribution in [0.3, 0.4) is 0 Å². The Hall–Kier alpha value is -2.80. The van der Waals surface area contributed by atoms with Crippen molar-refractivity contribution < 1.29 is 4.74 Å². The second-order valence-electron chi connectivity index (χ2n) is 9.42. The van der Waals surface area contributed by atoms with Crippen molar-refractivity contribution in [2.24, 2.45) is 11.8 Å². The summed E-state index contributed by atoms with van der Waals surface area (Å²) in [6.07, 6.45) is 10.3. The van der Waals surface area contributed by atoms with E-state index >= 15 is 0 Å². The second-order valence-corrected chi connectivity index (χ2v) is 9.86. The monoisotopic (exact) mass is 470 g/mol. The van der Waals surface area contributed by atoms with Gasteiger partial charge in [-0.3, -0.25) is 0 Å². The summed E-state index contributed by atoms with van der Waals surface area (Å²) < 4.78 is 5.97. The lowest BCUT2D eigenvalue weighted by molar-refractivity contribution is 0.271. The van der Waals surface area contributed by atoms with Crippen LogP contribution in [0.2, 0.25) is 5.02 Å². The van der Waals surface area contributed by atoms with E-state index in [1.54, 1.807) is 0 Å². The summed E-state index contributed by atoms with van der Waals surface area (Å²) in [5.41, 5.74) is 3.83. The number of nitrogens with zero attached hydrogens (tertiary/aromatic N) is 1. The zero-order valence-corrected chi connectivity index (χ0v) is 20.2. The molecule has 2 fully saturated rings. The van der Waals surface area contributed by atoms with E-state index < -0.39 is 0 Å². The minimum Gasteiger partial charge on any atom is -0.492 e. The van der Waals surface area contributed by atoms with Crippen molar-refractivity contribution >= 4 is 11.6 Å². The van der Waals surface area contributed by atoms with Crippen LogP contribution in [0.5, 0.6) is 5.75 Å². The maximum absolute atomic E-state index is 5.97. The van der Waals surface area contributed by atoms with Gasteiger partial charge in [0.05, 0.1) is 0 Å². The first-order valence-electron chi connectivity index (χ1n) is 12.4. The van der Waals surface area contributed by atoms with Gasteiger partial charge in [0.2, 0.25) is 0 Å². The molecule has 1 atom stereocenters. The molecule has 1 unspecified atom stereocenters. The molecule has 0 saturated heterocycles. The highest BCUT2D eigenvalue weighted by Crippen LogP contribution is 2.41. The highest BCUT2D eigenvalue weighted by molar-refractivity contribution is 6.30. The molecular weight excluding hydrogens is 440 g/mol. The first-order chi connectivity index (χ1) is 16.7. The first-order valence-corrected chi connectivity index (χ1v) is 12.8. The average Bonchev–Trinajstić information content (AvgIpc) is 3.57. The van der Waals surface area contributed by atoms with E-state index in [2.05, 4.69) is 22.1 Å². The molecule has 0 spiro atoms. The number of halogens is 1. The number of ether oxygens (including phenoxy) is 1. The van der Waals surface area contributed by atoms with Gasteiger partial charge in [0, 0.05) is 34.9 Å². The van der Waals surface area contributed by atoms with Crippen molar-refractivity contribution in [3.8, 4) is 28.7 Å². The number of hydrogen-bond donors (Lipinski definition) is 1. The van der Waals surface area contributed by atoms with E-state index in [0.29, 0.717) is 12.6 Å². The third-order valence-corrected chi connectivity index (χ3v) is 7.17. The van der Waals surface area contributed by atoms with Crippen LogP contribution in [-0.4, -0.2) is 24.2 Å². The second kappa shape index (κ2) is 11.1. The highest BCUT2D eigenvalue weighted by atomic mass is 35.5. The van der Waals surface area contributed by atoms with Gasteiger partial charge in [0.15, 0.2) is 0 Å². The number of nitrogens with one attached hydrogen (secondary N) is 1. The molecule has 0 aliphatic heterocycles. The van der Waals surface area contributed by atoms with E-state index in [1.807, 2.05) is 66.9 Å². The summed E-state index contributed by atoms with van der Waals surface area (Å²) in [4.78, 5) is 4.48. The molecule has 1 N–H and O–H groups in total. The van der Waals surface area contributed by atoms with Gasteiger partial charge in [-0.2, -0.15) is 0 Å². The molecule has 2 aliphatic carbocycles. The standard InChI is InChI=1S/C30H31ClN2O/c31-27-13-10-23(11-14-27)26-12-16-28(33-21-26)15-5-22-6-17-29(18-7-22)34-20-19-32-30(25-8-9-25)24-3-1-2-4-24/h6-7,10-14,16-18,21,24-25,30,32H,1-4,8-9,19-20H2. The highest BCUT2D eigenvalue weighted by Gasteiger charge is 2.37. The van der Waals surface area contributed by atoms with Crippen LogP contribution in [0.25, 0.3) is 11.1 Å². The van der Waals surface area contributed by atoms with Crippen LogP contribution in [0, 0.1) is 23.7 Å². The van der Waals surface area contributed by atoms with Gasteiger partial charge >= 0.3 is 0 Å². The lowest BCUT2D eigenvalue weighted by Crippen LogP contribution is -2.39. The lowest BCUT2D eigenvalue weighted by atomic mass is 9.94. The molecule has 174 valence electrons. The Labute approximate surface area is 207 Å². The van der Waals surface area contributed by atoms with E-state index in [9.17, 15) is 0 Å². The van der Waals surface area contributed by atoms with Gasteiger partial charge in [-0.1, -0.05) is 48.6 Å². The largest absolute Gasteiger partial charge is 0.492 e. The Morgan fingerprint density at radius 2 is 1.56 bits per heavy atom. The Bertz CT molecular complexity index is 1120. The molecule has 2 saturated carbocycles. The molecule has 0 bridgehead atoms. The van der Waals surface area contributed by atoms with E-state index in [1.165, 1.54) is 38.5 Å². The maximum atomic E-state index is 5.97. The number of pyridine rings is 1. The van der Waals surface area contributed by atoms with Gasteiger partial charge < -0.3 is 10.1 Å². The predicted molar refractivity (Wildman–Crippen MR) is 139 cm³/mol. The van der Waals surface area contributed by atoms with Gasteiger partial charge in [-0.15, -0.1) is 0 Å². The quantitative estimate of drug-likeness (QED) is 0.292. The van der Waals surface area contributed by atoms with Crippen LogP contribution in [0.15, 0.2) is 66.9 Å². The molecule has 5 rings (SSSR count). The van der Waals surface area contributed by atoms with Crippen LogP contribution < -0.4 is 10.1 Å². The number of hydrogen-bond acceptors (Lipinski definition) is 3. The normalized spacial score (nSPS) is 16.6. The van der Waals surface area contributed by atoms with Crippen molar-refractivity contribution in [3.63, 3.8) is 0 Å². The first kappa shape index (κ1) is 23.0. The summed E-state index contributed by atoms with van der Waals surface area (Å²) in [6.45, 7) is 1.61. The minimum absolute atomic E-state index is 0.699. The summed E-state index contributed by atoms with van der Waals surface area (Å²) in [5, 5.41) is 4.53. The fraction of sp³-hybridized carbons (Fsp3) is 0.367. The van der Waals surface area contributed by atoms with E-state index in [-0.39, 0.29) is 0 Å². The topological polar surface area (TPSA) is 34.1 Å². The van der Waals surface area contributed by atoms with E-state index in [0.717, 1.165) is 51.5 Å². The van der Waals surface area contributed by atoms with Crippen LogP contribution in [0.1, 0.15) is 49.8 Å². The summed E-state index contributed by atoms with van der Waals surface area (Å²) >= 11 is 5.97. The third-order valence-electron chi connectivity index (χ3n) is 6.92. The summed E-state index contributed by atoms with van der Waals surface area (Å²) in [5.74, 6) is 9.01. The van der Waals surface area contributed by atoms with Crippen molar-refractivity contribution in [1.29, 1.82) is 0 Å². The number of benzene rings is 2. The molecule has 34 heavy (non-hydrogen) atoms. The fourth-order valence-electron chi connectivity index (χ4n) is 4.94.